The highest BCUT2D eigenvalue weighted by Gasteiger charge is 2.20. The van der Waals surface area contributed by atoms with Gasteiger partial charge in [-0.15, -0.1) is 0 Å². The van der Waals surface area contributed by atoms with Crippen molar-refractivity contribution in [1.29, 1.82) is 0 Å². The first-order valence-corrected chi connectivity index (χ1v) is 14.5. The Morgan fingerprint density at radius 3 is 2.48 bits per heavy atom. The molecular formula is C34H41N3O3. The molecular weight excluding hydrogens is 498 g/mol. The number of fused-ring (bicyclic) bond motifs is 1. The van der Waals surface area contributed by atoms with Gasteiger partial charge >= 0.3 is 0 Å². The van der Waals surface area contributed by atoms with Gasteiger partial charge in [0.2, 0.25) is 0 Å². The molecule has 0 saturated carbocycles. The van der Waals surface area contributed by atoms with Gasteiger partial charge in [-0.1, -0.05) is 37.3 Å². The first-order valence-electron chi connectivity index (χ1n) is 14.5. The first-order chi connectivity index (χ1) is 19.5. The van der Waals surface area contributed by atoms with Crippen LogP contribution in [0.4, 0.5) is 11.4 Å². The molecule has 5 rings (SSSR count). The number of rotatable bonds is 9. The number of nitrogens with zero attached hydrogens (tertiary/aromatic N) is 2. The molecule has 1 N–H and O–H groups in total. The first kappa shape index (κ1) is 27.9. The van der Waals surface area contributed by atoms with Crippen LogP contribution in [0.2, 0.25) is 0 Å². The summed E-state index contributed by atoms with van der Waals surface area (Å²) in [6.07, 6.45) is 5.89. The summed E-state index contributed by atoms with van der Waals surface area (Å²) >= 11 is 0. The summed E-state index contributed by atoms with van der Waals surface area (Å²) < 4.78 is 11.2. The number of hydrogen-bond donors (Lipinski definition) is 1. The van der Waals surface area contributed by atoms with E-state index in [1.807, 2.05) is 30.3 Å². The number of carbonyl (C=O) groups excluding carboxylic acids is 1. The molecule has 3 aromatic rings. The van der Waals surface area contributed by atoms with Crippen LogP contribution in [0.15, 0.2) is 72.3 Å². The summed E-state index contributed by atoms with van der Waals surface area (Å²) in [5.74, 6) is 0.842. The van der Waals surface area contributed by atoms with Crippen molar-refractivity contribution in [3.8, 4) is 16.9 Å². The van der Waals surface area contributed by atoms with Crippen molar-refractivity contribution in [3.63, 3.8) is 0 Å². The third kappa shape index (κ3) is 6.93. The molecule has 0 atom stereocenters. The van der Waals surface area contributed by atoms with E-state index in [0.29, 0.717) is 12.5 Å². The van der Waals surface area contributed by atoms with Gasteiger partial charge in [-0.3, -0.25) is 9.69 Å². The number of benzene rings is 3. The van der Waals surface area contributed by atoms with Gasteiger partial charge in [0.15, 0.2) is 0 Å². The molecule has 0 unspecified atom stereocenters. The zero-order chi connectivity index (χ0) is 27.9. The zero-order valence-electron chi connectivity index (χ0n) is 24.0. The molecule has 1 saturated heterocycles. The van der Waals surface area contributed by atoms with E-state index in [-0.39, 0.29) is 5.91 Å². The Morgan fingerprint density at radius 2 is 1.75 bits per heavy atom. The van der Waals surface area contributed by atoms with E-state index in [1.165, 1.54) is 5.56 Å². The number of amides is 1. The lowest BCUT2D eigenvalue weighted by atomic mass is 10.00. The summed E-state index contributed by atoms with van der Waals surface area (Å²) in [5.41, 5.74) is 7.28. The highest BCUT2D eigenvalue weighted by molar-refractivity contribution is 6.07. The van der Waals surface area contributed by atoms with Gasteiger partial charge < -0.3 is 19.7 Å². The van der Waals surface area contributed by atoms with E-state index < -0.39 is 0 Å². The quantitative estimate of drug-likeness (QED) is 0.331. The smallest absolute Gasteiger partial charge is 0.251 e. The summed E-state index contributed by atoms with van der Waals surface area (Å²) in [4.78, 5) is 18.0. The molecule has 0 aromatic heterocycles. The maximum Gasteiger partial charge on any atom is 0.251 e. The lowest BCUT2D eigenvalue weighted by Crippen LogP contribution is -2.36. The number of hydrogen-bond acceptors (Lipinski definition) is 5. The highest BCUT2D eigenvalue weighted by atomic mass is 16.5. The summed E-state index contributed by atoms with van der Waals surface area (Å²) in [6.45, 7) is 6.20. The average molecular weight is 540 g/mol. The van der Waals surface area contributed by atoms with Crippen LogP contribution in [0.1, 0.15) is 43.7 Å². The molecule has 6 heteroatoms. The van der Waals surface area contributed by atoms with Crippen molar-refractivity contribution in [3.05, 3.63) is 83.4 Å². The van der Waals surface area contributed by atoms with Crippen LogP contribution in [-0.2, 0) is 16.1 Å². The van der Waals surface area contributed by atoms with Crippen LogP contribution >= 0.6 is 0 Å². The largest absolute Gasteiger partial charge is 0.494 e. The standard InChI is InChI=1S/C34H41N3O3/c1-4-19-40-32-12-7-26(8-13-32)27-9-14-33-29(22-27)23-28(15-18-36(33)2)34(38)35-30-10-5-25(6-11-30)24-37(3)31-16-20-39-21-17-31/h5-14,22-23,31H,4,15-21,24H2,1-3H3,(H,35,38). The average Bonchev–Trinajstić information content (AvgIpc) is 3.16. The van der Waals surface area contributed by atoms with Crippen LogP contribution < -0.4 is 15.0 Å². The van der Waals surface area contributed by atoms with Gasteiger partial charge in [0, 0.05) is 56.3 Å². The van der Waals surface area contributed by atoms with Crippen molar-refractivity contribution >= 4 is 23.4 Å². The number of carbonyl (C=O) groups is 1. The van der Waals surface area contributed by atoms with Crippen LogP contribution in [0.5, 0.6) is 5.75 Å². The molecule has 2 aliphatic rings. The predicted molar refractivity (Wildman–Crippen MR) is 164 cm³/mol. The summed E-state index contributed by atoms with van der Waals surface area (Å²) in [6, 6.07) is 23.5. The Hall–Kier alpha value is -3.61. The van der Waals surface area contributed by atoms with Crippen LogP contribution in [0, 0.1) is 0 Å². The molecule has 0 spiro atoms. The summed E-state index contributed by atoms with van der Waals surface area (Å²) in [7, 11) is 4.27. The fraction of sp³-hybridized carbons (Fsp3) is 0.382. The van der Waals surface area contributed by atoms with Crippen LogP contribution in [-0.4, -0.2) is 57.3 Å². The Labute approximate surface area is 238 Å². The molecule has 2 aliphatic heterocycles. The number of anilines is 2. The van der Waals surface area contributed by atoms with Crippen molar-refractivity contribution in [1.82, 2.24) is 4.90 Å². The minimum absolute atomic E-state index is 0.0452. The van der Waals surface area contributed by atoms with Gasteiger partial charge in [-0.05, 0) is 97.5 Å². The Morgan fingerprint density at radius 1 is 1.02 bits per heavy atom. The highest BCUT2D eigenvalue weighted by Crippen LogP contribution is 2.32. The van der Waals surface area contributed by atoms with Crippen LogP contribution in [0.3, 0.4) is 0 Å². The second kappa shape index (κ2) is 13.2. The van der Waals surface area contributed by atoms with Crippen LogP contribution in [0.25, 0.3) is 17.2 Å². The molecule has 0 aliphatic carbocycles. The molecule has 40 heavy (non-hydrogen) atoms. The van der Waals surface area contributed by atoms with E-state index in [4.69, 9.17) is 9.47 Å². The van der Waals surface area contributed by atoms with Crippen molar-refractivity contribution in [2.45, 2.75) is 45.2 Å². The molecule has 0 bridgehead atoms. The monoisotopic (exact) mass is 539 g/mol. The SMILES string of the molecule is CCCOc1ccc(-c2ccc3c(c2)C=C(C(=O)Nc2ccc(CN(C)C4CCOCC4)cc2)CCN3C)cc1. The fourth-order valence-electron chi connectivity index (χ4n) is 5.46. The molecule has 1 amide bonds. The maximum absolute atomic E-state index is 13.4. The number of nitrogens with one attached hydrogen (secondary N) is 1. The van der Waals surface area contributed by atoms with Gasteiger partial charge in [0.25, 0.3) is 5.91 Å². The predicted octanol–water partition coefficient (Wildman–Crippen LogP) is 6.62. The fourth-order valence-corrected chi connectivity index (χ4v) is 5.46. The Balaban J connectivity index is 1.27. The van der Waals surface area contributed by atoms with E-state index >= 15 is 0 Å². The lowest BCUT2D eigenvalue weighted by Gasteiger charge is -2.31. The Kier molecular flexibility index (Phi) is 9.19. The second-order valence-corrected chi connectivity index (χ2v) is 10.9. The van der Waals surface area contributed by atoms with E-state index in [2.05, 4.69) is 78.6 Å². The summed E-state index contributed by atoms with van der Waals surface area (Å²) in [5, 5.41) is 3.13. The molecule has 2 heterocycles. The van der Waals surface area contributed by atoms with E-state index in [9.17, 15) is 4.79 Å². The van der Waals surface area contributed by atoms with Crippen molar-refractivity contribution in [2.24, 2.45) is 0 Å². The molecule has 1 fully saturated rings. The third-order valence-electron chi connectivity index (χ3n) is 7.90. The lowest BCUT2D eigenvalue weighted by molar-refractivity contribution is -0.112. The maximum atomic E-state index is 13.4. The van der Waals surface area contributed by atoms with E-state index in [1.54, 1.807) is 0 Å². The topological polar surface area (TPSA) is 54.0 Å². The van der Waals surface area contributed by atoms with Gasteiger partial charge in [0.1, 0.15) is 5.75 Å². The van der Waals surface area contributed by atoms with Gasteiger partial charge in [-0.25, -0.2) is 0 Å². The van der Waals surface area contributed by atoms with Crippen molar-refractivity contribution < 1.29 is 14.3 Å². The minimum atomic E-state index is -0.0452. The van der Waals surface area contributed by atoms with E-state index in [0.717, 1.165) is 91.6 Å². The van der Waals surface area contributed by atoms with Gasteiger partial charge in [-0.2, -0.15) is 0 Å². The van der Waals surface area contributed by atoms with Gasteiger partial charge in [0.05, 0.1) is 6.61 Å². The molecule has 6 nitrogen and oxygen atoms in total. The molecule has 210 valence electrons. The Bertz CT molecular complexity index is 1310. The van der Waals surface area contributed by atoms with Crippen molar-refractivity contribution in [2.75, 3.05) is 50.7 Å². The molecule has 3 aromatic carbocycles. The zero-order valence-corrected chi connectivity index (χ0v) is 24.0. The second-order valence-electron chi connectivity index (χ2n) is 10.9. The molecule has 0 radical (unpaired) electrons. The minimum Gasteiger partial charge on any atom is -0.494 e. The number of ether oxygens (including phenoxy) is 2. The third-order valence-corrected chi connectivity index (χ3v) is 7.90. The normalized spacial score (nSPS) is 15.8.